The largest absolute Gasteiger partial charge is 0.493 e. The van der Waals surface area contributed by atoms with Gasteiger partial charge in [-0.05, 0) is 43.5 Å². The molecule has 0 amide bonds. The number of hydrogen-bond donors (Lipinski definition) is 2. The number of hydrogen-bond acceptors (Lipinski definition) is 6. The summed E-state index contributed by atoms with van der Waals surface area (Å²) in [6.07, 6.45) is 1.70. The topological polar surface area (TPSA) is 106 Å². The van der Waals surface area contributed by atoms with Crippen LogP contribution < -0.4 is 19.4 Å². The molecule has 1 heterocycles. The molecule has 2 N–H and O–H groups in total. The van der Waals surface area contributed by atoms with Gasteiger partial charge in [-0.3, -0.25) is 0 Å². The van der Waals surface area contributed by atoms with E-state index < -0.39 is 17.9 Å². The summed E-state index contributed by atoms with van der Waals surface area (Å²) in [5, 5.41) is 20.4. The van der Waals surface area contributed by atoms with E-state index in [-0.39, 0.29) is 12.1 Å². The van der Waals surface area contributed by atoms with E-state index in [1.54, 1.807) is 18.2 Å². The molecule has 31 heavy (non-hydrogen) atoms. The number of benzene rings is 2. The number of carbonyl (C=O) groups is 2. The van der Waals surface area contributed by atoms with E-state index in [0.29, 0.717) is 35.8 Å². The van der Waals surface area contributed by atoms with Gasteiger partial charge in [-0.15, -0.1) is 0 Å². The number of ether oxygens (including phenoxy) is 2. The Morgan fingerprint density at radius 3 is 2.29 bits per heavy atom. The summed E-state index contributed by atoms with van der Waals surface area (Å²) in [5.41, 5.74) is 2.50. The lowest BCUT2D eigenvalue weighted by molar-refractivity contribution is -0.135. The number of fused-ring (bicyclic) bond motifs is 1. The quantitative estimate of drug-likeness (QED) is 0.647. The molecule has 1 aliphatic heterocycles. The minimum Gasteiger partial charge on any atom is -0.493 e. The van der Waals surface area contributed by atoms with Crippen LogP contribution in [-0.4, -0.2) is 42.9 Å². The van der Waals surface area contributed by atoms with E-state index in [0.717, 1.165) is 17.2 Å². The Morgan fingerprint density at radius 1 is 1.06 bits per heavy atom. The first-order valence-electron chi connectivity index (χ1n) is 9.77. The molecule has 0 radical (unpaired) electrons. The lowest BCUT2D eigenvalue weighted by Gasteiger charge is -2.28. The van der Waals surface area contributed by atoms with Crippen molar-refractivity contribution in [2.45, 2.75) is 19.8 Å². The summed E-state index contributed by atoms with van der Waals surface area (Å²) in [4.78, 5) is 29.1. The van der Waals surface area contributed by atoms with Gasteiger partial charge in [-0.2, -0.15) is 0 Å². The number of rotatable bonds is 7. The lowest BCUT2D eigenvalue weighted by atomic mass is 9.93. The lowest BCUT2D eigenvalue weighted by Crippen LogP contribution is -2.34. The van der Waals surface area contributed by atoms with Crippen molar-refractivity contribution in [2.24, 2.45) is 5.92 Å². The molecule has 0 spiro atoms. The van der Waals surface area contributed by atoms with Crippen molar-refractivity contribution in [1.82, 2.24) is 0 Å². The summed E-state index contributed by atoms with van der Waals surface area (Å²) < 4.78 is 10.8. The van der Waals surface area contributed by atoms with Crippen LogP contribution in [0.3, 0.4) is 0 Å². The smallest absolute Gasteiger partial charge is 0.332 e. The molecule has 8 nitrogen and oxygen atoms in total. The van der Waals surface area contributed by atoms with Gasteiger partial charge in [-0.1, -0.05) is 17.7 Å². The number of carboxylic acids is 2. The second-order valence-electron chi connectivity index (χ2n) is 7.28. The zero-order valence-corrected chi connectivity index (χ0v) is 17.6. The molecule has 1 aliphatic rings. The molecule has 8 heteroatoms. The van der Waals surface area contributed by atoms with Crippen molar-refractivity contribution in [3.63, 3.8) is 0 Å². The Kier molecular flexibility index (Phi) is 6.69. The van der Waals surface area contributed by atoms with Crippen molar-refractivity contribution in [3.05, 3.63) is 59.2 Å². The van der Waals surface area contributed by atoms with Gasteiger partial charge in [0.15, 0.2) is 17.2 Å². The predicted octanol–water partition coefficient (Wildman–Crippen LogP) is 3.47. The second kappa shape index (κ2) is 9.42. The molecular weight excluding hydrogens is 402 g/mol. The molecule has 0 aromatic heterocycles. The van der Waals surface area contributed by atoms with Crippen molar-refractivity contribution in [1.29, 1.82) is 0 Å². The SMILES string of the molecule is COc1cc2c(cc1OC)N(Oc1ccc(C)cc1)CC(C(=CC(=O)O)C(=O)O)CC2. The van der Waals surface area contributed by atoms with E-state index in [1.165, 1.54) is 7.11 Å². The van der Waals surface area contributed by atoms with Gasteiger partial charge in [0.25, 0.3) is 0 Å². The molecular formula is C23H25NO7. The third-order valence-electron chi connectivity index (χ3n) is 5.20. The van der Waals surface area contributed by atoms with Crippen molar-refractivity contribution in [2.75, 3.05) is 25.8 Å². The summed E-state index contributed by atoms with van der Waals surface area (Å²) in [6.45, 7) is 2.12. The van der Waals surface area contributed by atoms with Crippen LogP contribution >= 0.6 is 0 Å². The molecule has 164 valence electrons. The van der Waals surface area contributed by atoms with Gasteiger partial charge in [0, 0.05) is 23.6 Å². The second-order valence-corrected chi connectivity index (χ2v) is 7.28. The minimum atomic E-state index is -1.30. The molecule has 2 aromatic rings. The van der Waals surface area contributed by atoms with Crippen LogP contribution in [0.25, 0.3) is 0 Å². The third kappa shape index (κ3) is 5.09. The maximum absolute atomic E-state index is 11.8. The first kappa shape index (κ1) is 22.0. The third-order valence-corrected chi connectivity index (χ3v) is 5.20. The Morgan fingerprint density at radius 2 is 1.71 bits per heavy atom. The van der Waals surface area contributed by atoms with Gasteiger partial charge >= 0.3 is 11.9 Å². The van der Waals surface area contributed by atoms with E-state index in [9.17, 15) is 14.7 Å². The molecule has 0 fully saturated rings. The van der Waals surface area contributed by atoms with E-state index >= 15 is 0 Å². The maximum Gasteiger partial charge on any atom is 0.332 e. The molecule has 0 saturated heterocycles. The zero-order valence-electron chi connectivity index (χ0n) is 17.6. The molecule has 1 atom stereocenters. The number of aliphatic carboxylic acids is 2. The van der Waals surface area contributed by atoms with Gasteiger partial charge in [0.05, 0.1) is 26.5 Å². The Hall–Kier alpha value is -3.68. The highest BCUT2D eigenvalue weighted by molar-refractivity contribution is 5.95. The van der Waals surface area contributed by atoms with Gasteiger partial charge in [0.1, 0.15) is 0 Å². The van der Waals surface area contributed by atoms with Crippen LogP contribution in [0.5, 0.6) is 17.2 Å². The number of anilines is 1. The molecule has 0 aliphatic carbocycles. The van der Waals surface area contributed by atoms with E-state index in [1.807, 2.05) is 37.3 Å². The van der Waals surface area contributed by atoms with Crippen LogP contribution in [0.15, 0.2) is 48.0 Å². The van der Waals surface area contributed by atoms with Gasteiger partial charge < -0.3 is 24.5 Å². The molecule has 1 unspecified atom stereocenters. The van der Waals surface area contributed by atoms with Crippen LogP contribution in [0.1, 0.15) is 17.5 Å². The average molecular weight is 427 g/mol. The highest BCUT2D eigenvalue weighted by Crippen LogP contribution is 2.39. The summed E-state index contributed by atoms with van der Waals surface area (Å²) in [5.74, 6) is -1.49. The molecule has 3 rings (SSSR count). The molecule has 0 saturated carbocycles. The predicted molar refractivity (Wildman–Crippen MR) is 114 cm³/mol. The molecule has 0 bridgehead atoms. The van der Waals surface area contributed by atoms with Crippen molar-refractivity contribution < 1.29 is 34.1 Å². The van der Waals surface area contributed by atoms with E-state index in [2.05, 4.69) is 0 Å². The average Bonchev–Trinajstić information content (AvgIpc) is 2.91. The Balaban J connectivity index is 2.06. The first-order valence-corrected chi connectivity index (χ1v) is 9.77. The van der Waals surface area contributed by atoms with Crippen LogP contribution in [0, 0.1) is 12.8 Å². The molecule has 2 aromatic carbocycles. The number of nitrogens with zero attached hydrogens (tertiary/aromatic N) is 1. The number of aryl methyl sites for hydroxylation is 2. The fourth-order valence-corrected chi connectivity index (χ4v) is 3.62. The maximum atomic E-state index is 11.8. The highest BCUT2D eigenvalue weighted by atomic mass is 16.7. The normalized spacial score (nSPS) is 16.2. The fourth-order valence-electron chi connectivity index (χ4n) is 3.62. The zero-order chi connectivity index (χ0) is 22.5. The Labute approximate surface area is 180 Å². The van der Waals surface area contributed by atoms with Crippen LogP contribution in [0.4, 0.5) is 5.69 Å². The summed E-state index contributed by atoms with van der Waals surface area (Å²) in [7, 11) is 3.08. The standard InChI is InChI=1S/C23H25NO7/c1-14-4-8-17(9-5-14)31-24-13-16(18(23(27)28)11-22(25)26)7-6-15-10-20(29-2)21(30-3)12-19(15)24/h4-5,8-12,16H,6-7,13H2,1-3H3,(H,25,26)(H,27,28). The first-order chi connectivity index (χ1) is 14.8. The van der Waals surface area contributed by atoms with Crippen molar-refractivity contribution in [3.8, 4) is 17.2 Å². The monoisotopic (exact) mass is 427 g/mol. The van der Waals surface area contributed by atoms with Gasteiger partial charge in [-0.25, -0.2) is 14.7 Å². The van der Waals surface area contributed by atoms with Gasteiger partial charge in [0.2, 0.25) is 0 Å². The minimum absolute atomic E-state index is 0.155. The number of hydroxylamine groups is 1. The highest BCUT2D eigenvalue weighted by Gasteiger charge is 2.30. The van der Waals surface area contributed by atoms with Crippen molar-refractivity contribution >= 4 is 17.6 Å². The Bertz CT molecular complexity index is 998. The fraction of sp³-hybridized carbons (Fsp3) is 0.304. The van der Waals surface area contributed by atoms with E-state index in [4.69, 9.17) is 19.4 Å². The number of carboxylic acid groups (broad SMARTS) is 2. The number of methoxy groups -OCH3 is 2. The van der Waals surface area contributed by atoms with Crippen LogP contribution in [0.2, 0.25) is 0 Å². The van der Waals surface area contributed by atoms with Crippen LogP contribution in [-0.2, 0) is 16.0 Å². The summed E-state index contributed by atoms with van der Waals surface area (Å²) >= 11 is 0. The summed E-state index contributed by atoms with van der Waals surface area (Å²) in [6, 6.07) is 11.1.